The molecular weight excluding hydrogens is 164 g/mol. The number of hydrogen-bond acceptors (Lipinski definition) is 1. The van der Waals surface area contributed by atoms with Gasteiger partial charge in [-0.15, -0.1) is 0 Å². The molecule has 0 nitrogen and oxygen atoms in total. The summed E-state index contributed by atoms with van der Waals surface area (Å²) < 4.78 is 0. The predicted octanol–water partition coefficient (Wildman–Crippen LogP) is 4.01. The Morgan fingerprint density at radius 3 is 1.67 bits per heavy atom. The first-order chi connectivity index (χ1) is 5.30. The van der Waals surface area contributed by atoms with Crippen LogP contribution in [0, 0.1) is 17.3 Å². The topological polar surface area (TPSA) is 0 Å². The van der Waals surface area contributed by atoms with Crippen LogP contribution >= 0.6 is 12.6 Å². The average molecular weight is 188 g/mol. The summed E-state index contributed by atoms with van der Waals surface area (Å²) in [5, 5.41) is 0.518. The fraction of sp³-hybridized carbons (Fsp3) is 1.00. The van der Waals surface area contributed by atoms with Crippen LogP contribution in [-0.2, 0) is 0 Å². The van der Waals surface area contributed by atoms with E-state index in [9.17, 15) is 0 Å². The fourth-order valence-corrected chi connectivity index (χ4v) is 2.22. The Balaban J connectivity index is 4.32. The zero-order valence-electron chi connectivity index (χ0n) is 9.39. The highest BCUT2D eigenvalue weighted by Crippen LogP contribution is 2.36. The van der Waals surface area contributed by atoms with E-state index in [1.807, 2.05) is 0 Å². The molecule has 0 spiro atoms. The van der Waals surface area contributed by atoms with Crippen molar-refractivity contribution in [1.82, 2.24) is 0 Å². The molecule has 74 valence electrons. The molecule has 0 aliphatic rings. The van der Waals surface area contributed by atoms with Crippen LogP contribution in [0.15, 0.2) is 0 Å². The highest BCUT2D eigenvalue weighted by atomic mass is 32.1. The monoisotopic (exact) mass is 188 g/mol. The first-order valence-electron chi connectivity index (χ1n) is 4.98. The molecule has 0 aliphatic carbocycles. The van der Waals surface area contributed by atoms with Crippen LogP contribution in [-0.4, -0.2) is 5.25 Å². The van der Waals surface area contributed by atoms with E-state index in [0.717, 1.165) is 11.8 Å². The molecule has 0 fully saturated rings. The van der Waals surface area contributed by atoms with Crippen molar-refractivity contribution in [2.24, 2.45) is 17.3 Å². The van der Waals surface area contributed by atoms with Crippen molar-refractivity contribution < 1.29 is 0 Å². The Hall–Kier alpha value is 0.350. The van der Waals surface area contributed by atoms with Crippen LogP contribution in [0.25, 0.3) is 0 Å². The molecule has 0 aromatic heterocycles. The molecule has 12 heavy (non-hydrogen) atoms. The van der Waals surface area contributed by atoms with E-state index in [1.54, 1.807) is 0 Å². The van der Waals surface area contributed by atoms with E-state index in [2.05, 4.69) is 54.2 Å². The molecule has 0 N–H and O–H groups in total. The number of rotatable bonds is 3. The summed E-state index contributed by atoms with van der Waals surface area (Å²) >= 11 is 4.54. The zero-order chi connectivity index (χ0) is 9.94. The Morgan fingerprint density at radius 2 is 1.58 bits per heavy atom. The van der Waals surface area contributed by atoms with Crippen molar-refractivity contribution in [3.63, 3.8) is 0 Å². The second-order valence-electron chi connectivity index (χ2n) is 4.97. The van der Waals surface area contributed by atoms with Gasteiger partial charge in [-0.2, -0.15) is 12.6 Å². The molecule has 0 aromatic carbocycles. The van der Waals surface area contributed by atoms with Gasteiger partial charge in [0.2, 0.25) is 0 Å². The summed E-state index contributed by atoms with van der Waals surface area (Å²) in [6.45, 7) is 13.8. The Kier molecular flexibility index (Phi) is 4.68. The van der Waals surface area contributed by atoms with Gasteiger partial charge < -0.3 is 0 Å². The van der Waals surface area contributed by atoms with Gasteiger partial charge in [-0.3, -0.25) is 0 Å². The van der Waals surface area contributed by atoms with Crippen molar-refractivity contribution in [2.45, 2.75) is 53.2 Å². The third kappa shape index (κ3) is 3.38. The molecule has 0 rings (SSSR count). The van der Waals surface area contributed by atoms with Crippen LogP contribution in [0.2, 0.25) is 0 Å². The van der Waals surface area contributed by atoms with Gasteiger partial charge in [-0.1, -0.05) is 48.0 Å². The van der Waals surface area contributed by atoms with Gasteiger partial charge in [0, 0.05) is 5.25 Å². The van der Waals surface area contributed by atoms with Crippen LogP contribution < -0.4 is 0 Å². The van der Waals surface area contributed by atoms with E-state index >= 15 is 0 Å². The van der Waals surface area contributed by atoms with E-state index in [0.29, 0.717) is 10.7 Å². The minimum atomic E-state index is 0.414. The summed E-state index contributed by atoms with van der Waals surface area (Å²) in [6, 6.07) is 0. The number of hydrogen-bond donors (Lipinski definition) is 1. The summed E-state index contributed by atoms with van der Waals surface area (Å²) in [4.78, 5) is 0. The lowest BCUT2D eigenvalue weighted by atomic mass is 9.72. The molecule has 3 atom stereocenters. The molecule has 0 aromatic rings. The average Bonchev–Trinajstić information content (AvgIpc) is 1.86. The van der Waals surface area contributed by atoms with Crippen molar-refractivity contribution in [2.75, 3.05) is 0 Å². The molecule has 0 radical (unpaired) electrons. The predicted molar refractivity (Wildman–Crippen MR) is 60.8 cm³/mol. The van der Waals surface area contributed by atoms with Gasteiger partial charge in [-0.25, -0.2) is 0 Å². The standard InChI is InChI=1S/C11H24S/c1-7-10(9(3)12)8(2)11(4,5)6/h8-10,12H,7H2,1-6H3. The van der Waals surface area contributed by atoms with Gasteiger partial charge in [0.05, 0.1) is 0 Å². The van der Waals surface area contributed by atoms with E-state index < -0.39 is 0 Å². The van der Waals surface area contributed by atoms with E-state index in [4.69, 9.17) is 0 Å². The SMILES string of the molecule is CCC(C(C)S)C(C)C(C)(C)C. The maximum absolute atomic E-state index is 4.54. The smallest absolute Gasteiger partial charge is 0.00193 e. The lowest BCUT2D eigenvalue weighted by Crippen LogP contribution is -2.29. The fourth-order valence-electron chi connectivity index (χ4n) is 1.75. The van der Waals surface area contributed by atoms with Gasteiger partial charge in [0.15, 0.2) is 0 Å². The first-order valence-corrected chi connectivity index (χ1v) is 5.50. The maximum Gasteiger partial charge on any atom is 0.00193 e. The maximum atomic E-state index is 4.54. The largest absolute Gasteiger partial charge is 0.176 e. The van der Waals surface area contributed by atoms with Gasteiger partial charge >= 0.3 is 0 Å². The summed E-state index contributed by atoms with van der Waals surface area (Å²) in [5.41, 5.74) is 0.414. The molecule has 0 heterocycles. The van der Waals surface area contributed by atoms with E-state index in [1.165, 1.54) is 6.42 Å². The highest BCUT2D eigenvalue weighted by Gasteiger charge is 2.29. The zero-order valence-corrected chi connectivity index (χ0v) is 10.3. The van der Waals surface area contributed by atoms with Crippen LogP contribution in [0.3, 0.4) is 0 Å². The van der Waals surface area contributed by atoms with Crippen LogP contribution in [0.4, 0.5) is 0 Å². The van der Waals surface area contributed by atoms with Crippen molar-refractivity contribution in [1.29, 1.82) is 0 Å². The van der Waals surface area contributed by atoms with Crippen molar-refractivity contribution in [3.05, 3.63) is 0 Å². The van der Waals surface area contributed by atoms with Gasteiger partial charge in [-0.05, 0) is 17.3 Å². The molecule has 0 amide bonds. The van der Waals surface area contributed by atoms with Gasteiger partial charge in [0.25, 0.3) is 0 Å². The Bertz CT molecular complexity index is 121. The molecule has 3 unspecified atom stereocenters. The third-order valence-corrected chi connectivity index (χ3v) is 3.48. The molecule has 0 saturated heterocycles. The molecular formula is C11H24S. The minimum absolute atomic E-state index is 0.414. The lowest BCUT2D eigenvalue weighted by molar-refractivity contribution is 0.172. The van der Waals surface area contributed by atoms with Gasteiger partial charge in [0.1, 0.15) is 0 Å². The highest BCUT2D eigenvalue weighted by molar-refractivity contribution is 7.80. The normalized spacial score (nSPS) is 20.2. The molecule has 0 saturated carbocycles. The minimum Gasteiger partial charge on any atom is -0.176 e. The summed E-state index contributed by atoms with van der Waals surface area (Å²) in [5.74, 6) is 1.49. The second kappa shape index (κ2) is 4.55. The summed E-state index contributed by atoms with van der Waals surface area (Å²) in [6.07, 6.45) is 1.24. The quantitative estimate of drug-likeness (QED) is 0.636. The lowest BCUT2D eigenvalue weighted by Gasteiger charge is -2.36. The Labute approximate surface area is 83.5 Å². The third-order valence-electron chi connectivity index (χ3n) is 3.10. The van der Waals surface area contributed by atoms with Crippen LogP contribution in [0.5, 0.6) is 0 Å². The van der Waals surface area contributed by atoms with Crippen molar-refractivity contribution >= 4 is 12.6 Å². The first kappa shape index (κ1) is 12.3. The number of thiol groups is 1. The Morgan fingerprint density at radius 1 is 1.17 bits per heavy atom. The van der Waals surface area contributed by atoms with Crippen molar-refractivity contribution in [3.8, 4) is 0 Å². The van der Waals surface area contributed by atoms with E-state index in [-0.39, 0.29) is 0 Å². The molecule has 0 aliphatic heterocycles. The molecule has 1 heteroatoms. The summed E-state index contributed by atoms with van der Waals surface area (Å²) in [7, 11) is 0. The molecule has 0 bridgehead atoms. The van der Waals surface area contributed by atoms with Crippen LogP contribution in [0.1, 0.15) is 48.0 Å². The second-order valence-corrected chi connectivity index (χ2v) is 5.78.